The standard InChI is InChI=1S/C16H17BrN2OS/c1-16(18,12-2-4-13(17)5-3-12)15(20)19-8-6-14-11(10-19)7-9-21-14/h2-5,7,9H,6,8,10,18H2,1H3. The summed E-state index contributed by atoms with van der Waals surface area (Å²) >= 11 is 5.17. The van der Waals surface area contributed by atoms with Crippen molar-refractivity contribution < 1.29 is 4.79 Å². The van der Waals surface area contributed by atoms with Crippen LogP contribution in [0.4, 0.5) is 0 Å². The normalized spacial score (nSPS) is 17.2. The number of halogens is 1. The molecule has 0 spiro atoms. The number of nitrogens with zero attached hydrogens (tertiary/aromatic N) is 1. The number of carbonyl (C=O) groups is 1. The molecule has 0 aliphatic carbocycles. The smallest absolute Gasteiger partial charge is 0.247 e. The van der Waals surface area contributed by atoms with Gasteiger partial charge in [0.25, 0.3) is 0 Å². The largest absolute Gasteiger partial charge is 0.336 e. The van der Waals surface area contributed by atoms with Gasteiger partial charge in [-0.2, -0.15) is 0 Å². The molecule has 110 valence electrons. The zero-order valence-electron chi connectivity index (χ0n) is 11.8. The van der Waals surface area contributed by atoms with Crippen molar-refractivity contribution in [2.24, 2.45) is 5.73 Å². The molecule has 0 radical (unpaired) electrons. The number of fused-ring (bicyclic) bond motifs is 1. The van der Waals surface area contributed by atoms with E-state index >= 15 is 0 Å². The van der Waals surface area contributed by atoms with E-state index in [9.17, 15) is 4.79 Å². The van der Waals surface area contributed by atoms with Crippen molar-refractivity contribution in [3.63, 3.8) is 0 Å². The minimum Gasteiger partial charge on any atom is -0.336 e. The lowest BCUT2D eigenvalue weighted by atomic mass is 9.91. The molecule has 0 saturated heterocycles. The molecule has 2 N–H and O–H groups in total. The topological polar surface area (TPSA) is 46.3 Å². The van der Waals surface area contributed by atoms with Crippen LogP contribution in [0.2, 0.25) is 0 Å². The number of carbonyl (C=O) groups excluding carboxylic acids is 1. The Morgan fingerprint density at radius 2 is 2.05 bits per heavy atom. The van der Waals surface area contributed by atoms with Crippen molar-refractivity contribution >= 4 is 33.2 Å². The molecule has 21 heavy (non-hydrogen) atoms. The van der Waals surface area contributed by atoms with Crippen LogP contribution in [0.1, 0.15) is 22.9 Å². The van der Waals surface area contributed by atoms with Crippen LogP contribution in [-0.2, 0) is 23.3 Å². The number of hydrogen-bond donors (Lipinski definition) is 1. The van der Waals surface area contributed by atoms with Crippen molar-refractivity contribution in [1.82, 2.24) is 4.90 Å². The quantitative estimate of drug-likeness (QED) is 0.888. The minimum atomic E-state index is -0.992. The summed E-state index contributed by atoms with van der Waals surface area (Å²) in [4.78, 5) is 16.1. The van der Waals surface area contributed by atoms with Gasteiger partial charge >= 0.3 is 0 Å². The van der Waals surface area contributed by atoms with E-state index in [1.165, 1.54) is 10.4 Å². The fourth-order valence-corrected chi connectivity index (χ4v) is 3.82. The monoisotopic (exact) mass is 364 g/mol. The molecule has 2 heterocycles. The maximum absolute atomic E-state index is 12.8. The van der Waals surface area contributed by atoms with Gasteiger partial charge in [0.2, 0.25) is 5.91 Å². The van der Waals surface area contributed by atoms with E-state index in [1.54, 1.807) is 18.3 Å². The van der Waals surface area contributed by atoms with Gasteiger partial charge in [0, 0.05) is 22.4 Å². The zero-order valence-corrected chi connectivity index (χ0v) is 14.2. The van der Waals surface area contributed by atoms with Crippen LogP contribution in [-0.4, -0.2) is 17.4 Å². The van der Waals surface area contributed by atoms with E-state index in [2.05, 4.69) is 27.4 Å². The van der Waals surface area contributed by atoms with Gasteiger partial charge < -0.3 is 10.6 Å². The Morgan fingerprint density at radius 3 is 2.76 bits per heavy atom. The molecular weight excluding hydrogens is 348 g/mol. The fraction of sp³-hybridized carbons (Fsp3) is 0.312. The van der Waals surface area contributed by atoms with Crippen LogP contribution in [0.3, 0.4) is 0 Å². The summed E-state index contributed by atoms with van der Waals surface area (Å²) in [7, 11) is 0. The maximum Gasteiger partial charge on any atom is 0.247 e. The predicted octanol–water partition coefficient (Wildman–Crippen LogP) is 3.27. The molecule has 3 nitrogen and oxygen atoms in total. The third kappa shape index (κ3) is 2.78. The second-order valence-electron chi connectivity index (χ2n) is 5.55. The lowest BCUT2D eigenvalue weighted by Gasteiger charge is -2.34. The van der Waals surface area contributed by atoms with E-state index in [4.69, 9.17) is 5.73 Å². The lowest BCUT2D eigenvalue weighted by molar-refractivity contribution is -0.137. The van der Waals surface area contributed by atoms with Crippen molar-refractivity contribution in [2.45, 2.75) is 25.4 Å². The SMILES string of the molecule is CC(N)(C(=O)N1CCc2sccc2C1)c1ccc(Br)cc1. The summed E-state index contributed by atoms with van der Waals surface area (Å²) in [5, 5.41) is 2.09. The van der Waals surface area contributed by atoms with E-state index < -0.39 is 5.54 Å². The zero-order chi connectivity index (χ0) is 15.0. The Bertz CT molecular complexity index is 663. The van der Waals surface area contributed by atoms with Gasteiger partial charge in [-0.25, -0.2) is 0 Å². The molecule has 1 unspecified atom stereocenters. The van der Waals surface area contributed by atoms with Crippen LogP contribution in [0.5, 0.6) is 0 Å². The second-order valence-corrected chi connectivity index (χ2v) is 7.47. The fourth-order valence-electron chi connectivity index (χ4n) is 2.67. The first-order valence-corrected chi connectivity index (χ1v) is 8.55. The molecule has 0 bridgehead atoms. The van der Waals surface area contributed by atoms with Crippen molar-refractivity contribution in [2.75, 3.05) is 6.54 Å². The molecule has 1 aromatic carbocycles. The maximum atomic E-state index is 12.8. The van der Waals surface area contributed by atoms with Gasteiger partial charge in [-0.15, -0.1) is 11.3 Å². The van der Waals surface area contributed by atoms with Crippen LogP contribution in [0.25, 0.3) is 0 Å². The third-order valence-electron chi connectivity index (χ3n) is 3.98. The van der Waals surface area contributed by atoms with E-state index in [1.807, 2.05) is 29.2 Å². The van der Waals surface area contributed by atoms with Crippen molar-refractivity contribution in [1.29, 1.82) is 0 Å². The molecule has 1 amide bonds. The van der Waals surface area contributed by atoms with E-state index in [0.717, 1.165) is 23.0 Å². The summed E-state index contributed by atoms with van der Waals surface area (Å²) in [6.07, 6.45) is 0.926. The summed E-state index contributed by atoms with van der Waals surface area (Å²) in [6, 6.07) is 9.75. The van der Waals surface area contributed by atoms with Gasteiger partial charge in [0.15, 0.2) is 0 Å². The molecule has 1 atom stereocenters. The minimum absolute atomic E-state index is 0.0123. The average molecular weight is 365 g/mol. The first-order chi connectivity index (χ1) is 9.98. The second kappa shape index (κ2) is 5.55. The van der Waals surface area contributed by atoms with Crippen LogP contribution < -0.4 is 5.73 Å². The van der Waals surface area contributed by atoms with Crippen LogP contribution in [0.15, 0.2) is 40.2 Å². The third-order valence-corrected chi connectivity index (χ3v) is 5.53. The summed E-state index contributed by atoms with van der Waals surface area (Å²) in [6.45, 7) is 3.21. The molecule has 0 fully saturated rings. The van der Waals surface area contributed by atoms with E-state index in [0.29, 0.717) is 6.54 Å². The number of benzene rings is 1. The lowest BCUT2D eigenvalue weighted by Crippen LogP contribution is -2.52. The Labute approximate surface area is 136 Å². The van der Waals surface area contributed by atoms with E-state index in [-0.39, 0.29) is 5.91 Å². The van der Waals surface area contributed by atoms with Gasteiger partial charge in [-0.05, 0) is 48.1 Å². The molecule has 2 aromatic rings. The average Bonchev–Trinajstić information content (AvgIpc) is 2.94. The summed E-state index contributed by atoms with van der Waals surface area (Å²) < 4.78 is 0.982. The summed E-state index contributed by atoms with van der Waals surface area (Å²) in [5.41, 5.74) is 7.46. The number of amides is 1. The number of hydrogen-bond acceptors (Lipinski definition) is 3. The first-order valence-electron chi connectivity index (χ1n) is 6.88. The molecular formula is C16H17BrN2OS. The molecule has 1 aliphatic heterocycles. The van der Waals surface area contributed by atoms with Crippen molar-refractivity contribution in [3.05, 3.63) is 56.2 Å². The Hall–Kier alpha value is -1.17. The van der Waals surface area contributed by atoms with Gasteiger partial charge in [-0.3, -0.25) is 4.79 Å². The first kappa shape index (κ1) is 14.8. The predicted molar refractivity (Wildman–Crippen MR) is 89.1 cm³/mol. The number of nitrogens with two attached hydrogens (primary N) is 1. The highest BCUT2D eigenvalue weighted by molar-refractivity contribution is 9.10. The Kier molecular flexibility index (Phi) is 3.90. The number of thiophene rings is 1. The summed E-state index contributed by atoms with van der Waals surface area (Å²) in [5.74, 6) is -0.0123. The van der Waals surface area contributed by atoms with Crippen LogP contribution >= 0.6 is 27.3 Å². The molecule has 3 rings (SSSR count). The highest BCUT2D eigenvalue weighted by Crippen LogP contribution is 2.28. The Morgan fingerprint density at radius 1 is 1.33 bits per heavy atom. The highest BCUT2D eigenvalue weighted by atomic mass is 79.9. The van der Waals surface area contributed by atoms with Gasteiger partial charge in [0.05, 0.1) is 0 Å². The molecule has 1 aromatic heterocycles. The highest BCUT2D eigenvalue weighted by Gasteiger charge is 2.35. The molecule has 0 saturated carbocycles. The number of rotatable bonds is 2. The molecule has 1 aliphatic rings. The van der Waals surface area contributed by atoms with Crippen LogP contribution in [0, 0.1) is 0 Å². The van der Waals surface area contributed by atoms with Gasteiger partial charge in [-0.1, -0.05) is 28.1 Å². The van der Waals surface area contributed by atoms with Crippen molar-refractivity contribution in [3.8, 4) is 0 Å². The van der Waals surface area contributed by atoms with Gasteiger partial charge in [0.1, 0.15) is 5.54 Å². The molecule has 5 heteroatoms. The Balaban J connectivity index is 1.83.